The second kappa shape index (κ2) is 5.76. The van der Waals surface area contributed by atoms with Crippen molar-refractivity contribution in [2.75, 3.05) is 17.8 Å². The van der Waals surface area contributed by atoms with Crippen molar-refractivity contribution in [3.8, 4) is 0 Å². The Kier molecular flexibility index (Phi) is 4.24. The molecule has 0 spiro atoms. The van der Waals surface area contributed by atoms with Crippen LogP contribution in [0, 0.1) is 5.92 Å². The topological polar surface area (TPSA) is 99.6 Å². The Bertz CT molecular complexity index is 594. The van der Waals surface area contributed by atoms with E-state index >= 15 is 0 Å². The first kappa shape index (κ1) is 14.7. The van der Waals surface area contributed by atoms with Crippen molar-refractivity contribution in [2.24, 2.45) is 5.92 Å². The van der Waals surface area contributed by atoms with Crippen LogP contribution in [0.25, 0.3) is 0 Å². The number of piperidine rings is 1. The fourth-order valence-corrected chi connectivity index (χ4v) is 3.24. The molecule has 1 aromatic rings. The Morgan fingerprint density at radius 1 is 1.45 bits per heavy atom. The number of hydrogen-bond donors (Lipinski definition) is 2. The van der Waals surface area contributed by atoms with Crippen LogP contribution in [0.2, 0.25) is 0 Å². The molecule has 0 unspecified atom stereocenters. The minimum Gasteiger partial charge on any atom is -0.478 e. The van der Waals surface area contributed by atoms with Crippen LogP contribution in [0.1, 0.15) is 30.1 Å². The maximum atomic E-state index is 12.2. The fourth-order valence-electron chi connectivity index (χ4n) is 2.04. The van der Waals surface area contributed by atoms with Gasteiger partial charge in [-0.3, -0.25) is 4.72 Å². The normalized spacial score (nSPS) is 17.9. The van der Waals surface area contributed by atoms with Crippen molar-refractivity contribution in [3.05, 3.63) is 23.9 Å². The van der Waals surface area contributed by atoms with Crippen molar-refractivity contribution in [3.63, 3.8) is 0 Å². The van der Waals surface area contributed by atoms with Crippen LogP contribution in [-0.4, -0.2) is 41.9 Å². The van der Waals surface area contributed by atoms with Crippen molar-refractivity contribution >= 4 is 22.0 Å². The highest BCUT2D eigenvalue weighted by Gasteiger charge is 2.26. The fraction of sp³-hybridized carbons (Fsp3) is 0.500. The molecule has 2 rings (SSSR count). The van der Waals surface area contributed by atoms with Crippen LogP contribution in [0.15, 0.2) is 18.3 Å². The van der Waals surface area contributed by atoms with Crippen LogP contribution in [0.4, 0.5) is 5.82 Å². The largest absolute Gasteiger partial charge is 0.478 e. The predicted octanol–water partition coefficient (Wildman–Crippen LogP) is 1.17. The summed E-state index contributed by atoms with van der Waals surface area (Å²) in [6.07, 6.45) is 2.91. The lowest BCUT2D eigenvalue weighted by atomic mass is 10.0. The number of anilines is 1. The van der Waals surface area contributed by atoms with E-state index < -0.39 is 16.2 Å². The molecule has 0 aromatic carbocycles. The number of aromatic nitrogens is 1. The summed E-state index contributed by atoms with van der Waals surface area (Å²) in [4.78, 5) is 14.7. The summed E-state index contributed by atoms with van der Waals surface area (Å²) in [5.74, 6) is -0.585. The van der Waals surface area contributed by atoms with Gasteiger partial charge >= 0.3 is 16.2 Å². The summed E-state index contributed by atoms with van der Waals surface area (Å²) in [6, 6.07) is 2.51. The number of nitrogens with one attached hydrogen (secondary N) is 1. The van der Waals surface area contributed by atoms with E-state index in [0.717, 1.165) is 12.8 Å². The van der Waals surface area contributed by atoms with Gasteiger partial charge < -0.3 is 5.11 Å². The van der Waals surface area contributed by atoms with Crippen LogP contribution in [0.5, 0.6) is 0 Å². The standard InChI is InChI=1S/C12H17N3O4S/c1-9-3-6-15(7-4-9)20(18,19)14-11-8-10(12(16)17)2-5-13-11/h2,5,8-9H,3-4,6-7H2,1H3,(H,13,14)(H,16,17). The third-order valence-electron chi connectivity index (χ3n) is 3.32. The van der Waals surface area contributed by atoms with Crippen LogP contribution in [-0.2, 0) is 10.2 Å². The molecule has 1 aromatic heterocycles. The Morgan fingerprint density at radius 3 is 2.70 bits per heavy atom. The third kappa shape index (κ3) is 3.45. The minimum absolute atomic E-state index is 0.00929. The van der Waals surface area contributed by atoms with E-state index in [2.05, 4.69) is 16.6 Å². The monoisotopic (exact) mass is 299 g/mol. The minimum atomic E-state index is -3.67. The van der Waals surface area contributed by atoms with Gasteiger partial charge in [-0.15, -0.1) is 0 Å². The summed E-state index contributed by atoms with van der Waals surface area (Å²) in [5, 5.41) is 8.87. The summed E-state index contributed by atoms with van der Waals surface area (Å²) in [6.45, 7) is 3.03. The number of carbonyl (C=O) groups is 1. The molecular weight excluding hydrogens is 282 g/mol. The number of carboxylic acid groups (broad SMARTS) is 1. The first-order valence-electron chi connectivity index (χ1n) is 6.36. The molecule has 1 aliphatic rings. The SMILES string of the molecule is CC1CCN(S(=O)(=O)Nc2cc(C(=O)O)ccn2)CC1. The molecule has 1 saturated heterocycles. The molecular formula is C12H17N3O4S. The molecule has 0 radical (unpaired) electrons. The van der Waals surface area contributed by atoms with Crippen LogP contribution >= 0.6 is 0 Å². The van der Waals surface area contributed by atoms with Gasteiger partial charge in [0.15, 0.2) is 0 Å². The number of carboxylic acids is 1. The van der Waals surface area contributed by atoms with Gasteiger partial charge in [0.1, 0.15) is 5.82 Å². The van der Waals surface area contributed by atoms with Crippen molar-refractivity contribution < 1.29 is 18.3 Å². The molecule has 7 nitrogen and oxygen atoms in total. The molecule has 1 fully saturated rings. The second-order valence-corrected chi connectivity index (χ2v) is 6.59. The lowest BCUT2D eigenvalue weighted by Crippen LogP contribution is -2.41. The Hall–Kier alpha value is -1.67. The van der Waals surface area contributed by atoms with Crippen LogP contribution < -0.4 is 4.72 Å². The number of hydrogen-bond acceptors (Lipinski definition) is 4. The zero-order valence-electron chi connectivity index (χ0n) is 11.1. The van der Waals surface area contributed by atoms with E-state index in [1.807, 2.05) is 0 Å². The van der Waals surface area contributed by atoms with E-state index in [4.69, 9.17) is 5.11 Å². The zero-order chi connectivity index (χ0) is 14.8. The average molecular weight is 299 g/mol. The van der Waals surface area contributed by atoms with Gasteiger partial charge in [-0.1, -0.05) is 6.92 Å². The molecule has 0 amide bonds. The molecule has 0 bridgehead atoms. The average Bonchev–Trinajstić information content (AvgIpc) is 2.39. The van der Waals surface area contributed by atoms with Crippen molar-refractivity contribution in [2.45, 2.75) is 19.8 Å². The number of pyridine rings is 1. The molecule has 0 saturated carbocycles. The first-order valence-corrected chi connectivity index (χ1v) is 7.80. The summed E-state index contributed by atoms with van der Waals surface area (Å²) in [7, 11) is -3.67. The van der Waals surface area contributed by atoms with E-state index in [9.17, 15) is 13.2 Å². The van der Waals surface area contributed by atoms with E-state index in [0.29, 0.717) is 19.0 Å². The first-order chi connectivity index (χ1) is 9.38. The molecule has 1 aliphatic heterocycles. The highest BCUT2D eigenvalue weighted by Crippen LogP contribution is 2.20. The van der Waals surface area contributed by atoms with Gasteiger partial charge in [0.25, 0.3) is 0 Å². The molecule has 2 heterocycles. The molecule has 2 N–H and O–H groups in total. The predicted molar refractivity (Wildman–Crippen MR) is 73.7 cm³/mol. The molecule has 110 valence electrons. The smallest absolute Gasteiger partial charge is 0.335 e. The van der Waals surface area contributed by atoms with Gasteiger partial charge in [-0.2, -0.15) is 12.7 Å². The van der Waals surface area contributed by atoms with Gasteiger partial charge in [0, 0.05) is 19.3 Å². The number of rotatable bonds is 4. The quantitative estimate of drug-likeness (QED) is 0.869. The summed E-state index contributed by atoms with van der Waals surface area (Å²) in [5.41, 5.74) is -0.00929. The van der Waals surface area contributed by atoms with Gasteiger partial charge in [0.2, 0.25) is 0 Å². The highest BCUT2D eigenvalue weighted by atomic mass is 32.2. The Morgan fingerprint density at radius 2 is 2.10 bits per heavy atom. The Labute approximate surface area is 117 Å². The molecule has 8 heteroatoms. The van der Waals surface area contributed by atoms with E-state index in [1.165, 1.54) is 22.6 Å². The van der Waals surface area contributed by atoms with Crippen molar-refractivity contribution in [1.82, 2.24) is 9.29 Å². The van der Waals surface area contributed by atoms with Gasteiger partial charge in [-0.05, 0) is 30.9 Å². The van der Waals surface area contributed by atoms with E-state index in [-0.39, 0.29) is 11.4 Å². The number of nitrogens with zero attached hydrogens (tertiary/aromatic N) is 2. The number of aromatic carboxylic acids is 1. The lowest BCUT2D eigenvalue weighted by molar-refractivity contribution is 0.0696. The maximum absolute atomic E-state index is 12.2. The molecule has 20 heavy (non-hydrogen) atoms. The maximum Gasteiger partial charge on any atom is 0.335 e. The Balaban J connectivity index is 2.12. The van der Waals surface area contributed by atoms with E-state index in [1.54, 1.807) is 0 Å². The second-order valence-electron chi connectivity index (χ2n) is 4.92. The lowest BCUT2D eigenvalue weighted by Gasteiger charge is -2.29. The van der Waals surface area contributed by atoms with Crippen molar-refractivity contribution in [1.29, 1.82) is 0 Å². The third-order valence-corrected chi connectivity index (χ3v) is 4.84. The van der Waals surface area contributed by atoms with Gasteiger partial charge in [-0.25, -0.2) is 9.78 Å². The van der Waals surface area contributed by atoms with Crippen LogP contribution in [0.3, 0.4) is 0 Å². The highest BCUT2D eigenvalue weighted by molar-refractivity contribution is 7.90. The zero-order valence-corrected chi connectivity index (χ0v) is 11.9. The molecule has 0 atom stereocenters. The molecule has 0 aliphatic carbocycles. The van der Waals surface area contributed by atoms with Gasteiger partial charge in [0.05, 0.1) is 5.56 Å². The summed E-state index contributed by atoms with van der Waals surface area (Å²) < 4.78 is 28.0. The summed E-state index contributed by atoms with van der Waals surface area (Å²) >= 11 is 0.